The molecular weight excluding hydrogens is 254 g/mol. The molecule has 1 amide bonds. The molecule has 0 radical (unpaired) electrons. The van der Waals surface area contributed by atoms with Gasteiger partial charge in [0.25, 0.3) is 5.91 Å². The van der Waals surface area contributed by atoms with Gasteiger partial charge in [-0.15, -0.1) is 0 Å². The molecule has 0 fully saturated rings. The molecule has 0 spiro atoms. The number of halogens is 1. The summed E-state index contributed by atoms with van der Waals surface area (Å²) in [6.07, 6.45) is 1.35. The lowest BCUT2D eigenvalue weighted by molar-refractivity contribution is 0.0948. The van der Waals surface area contributed by atoms with E-state index in [9.17, 15) is 4.79 Å². The zero-order valence-corrected chi connectivity index (χ0v) is 10.5. The first kappa shape index (κ1) is 12.4. The molecule has 0 aliphatic rings. The Morgan fingerprint density at radius 1 is 1.56 bits per heavy atom. The predicted octanol–water partition coefficient (Wildman–Crippen LogP) is 2.15. The van der Waals surface area contributed by atoms with Crippen molar-refractivity contribution < 1.29 is 9.21 Å². The van der Waals surface area contributed by atoms with E-state index in [4.69, 9.17) is 21.8 Å². The zero-order chi connectivity index (χ0) is 13.1. The molecule has 0 saturated heterocycles. The van der Waals surface area contributed by atoms with Gasteiger partial charge in [-0.3, -0.25) is 4.79 Å². The number of carbonyl (C=O) groups excluding carboxylic acids is 1. The van der Waals surface area contributed by atoms with Gasteiger partial charge < -0.3 is 15.5 Å². The van der Waals surface area contributed by atoms with Crippen molar-refractivity contribution in [1.29, 1.82) is 0 Å². The number of aryl methyl sites for hydroxylation is 1. The van der Waals surface area contributed by atoms with Gasteiger partial charge in [0.15, 0.2) is 0 Å². The van der Waals surface area contributed by atoms with Gasteiger partial charge >= 0.3 is 0 Å². The Kier molecular flexibility index (Phi) is 3.53. The Hall–Kier alpha value is -2.01. The van der Waals surface area contributed by atoms with Gasteiger partial charge in [-0.25, -0.2) is 4.98 Å². The van der Waals surface area contributed by atoms with E-state index in [1.165, 1.54) is 12.3 Å². The van der Waals surface area contributed by atoms with E-state index >= 15 is 0 Å². The zero-order valence-electron chi connectivity index (χ0n) is 9.74. The summed E-state index contributed by atoms with van der Waals surface area (Å²) in [7, 11) is 0. The van der Waals surface area contributed by atoms with Crippen LogP contribution in [0.3, 0.4) is 0 Å². The maximum Gasteiger partial charge on any atom is 0.253 e. The number of hydrogen-bond acceptors (Lipinski definition) is 4. The van der Waals surface area contributed by atoms with Crippen LogP contribution in [0.15, 0.2) is 28.8 Å². The van der Waals surface area contributed by atoms with Gasteiger partial charge in [-0.05, 0) is 25.1 Å². The van der Waals surface area contributed by atoms with Crippen molar-refractivity contribution in [3.05, 3.63) is 46.5 Å². The molecule has 2 aromatic heterocycles. The lowest BCUT2D eigenvalue weighted by Crippen LogP contribution is -2.23. The molecule has 2 rings (SSSR count). The number of amides is 1. The van der Waals surface area contributed by atoms with Crippen molar-refractivity contribution in [2.75, 3.05) is 5.73 Å². The summed E-state index contributed by atoms with van der Waals surface area (Å²) in [4.78, 5) is 15.7. The van der Waals surface area contributed by atoms with Crippen molar-refractivity contribution in [3.63, 3.8) is 0 Å². The summed E-state index contributed by atoms with van der Waals surface area (Å²) in [5.41, 5.74) is 5.81. The third kappa shape index (κ3) is 2.81. The van der Waals surface area contributed by atoms with Gasteiger partial charge in [0, 0.05) is 6.20 Å². The minimum Gasteiger partial charge on any atom is -0.465 e. The first-order valence-corrected chi connectivity index (χ1v) is 5.68. The van der Waals surface area contributed by atoms with E-state index in [1.807, 2.05) is 13.0 Å². The molecule has 18 heavy (non-hydrogen) atoms. The Morgan fingerprint density at radius 3 is 3.00 bits per heavy atom. The van der Waals surface area contributed by atoms with Crippen LogP contribution in [0.2, 0.25) is 5.02 Å². The third-order valence-corrected chi connectivity index (χ3v) is 2.64. The first-order chi connectivity index (χ1) is 8.56. The summed E-state index contributed by atoms with van der Waals surface area (Å²) in [6, 6.07) is 5.07. The van der Waals surface area contributed by atoms with Crippen molar-refractivity contribution in [2.45, 2.75) is 13.5 Å². The van der Waals surface area contributed by atoms with Crippen molar-refractivity contribution in [1.82, 2.24) is 10.3 Å². The second kappa shape index (κ2) is 5.10. The van der Waals surface area contributed by atoms with Gasteiger partial charge in [0.2, 0.25) is 0 Å². The highest BCUT2D eigenvalue weighted by Crippen LogP contribution is 2.16. The highest BCUT2D eigenvalue weighted by Gasteiger charge is 2.11. The summed E-state index contributed by atoms with van der Waals surface area (Å²) in [5.74, 6) is 1.41. The van der Waals surface area contributed by atoms with Crippen molar-refractivity contribution in [3.8, 4) is 0 Å². The van der Waals surface area contributed by atoms with Crippen LogP contribution >= 0.6 is 11.6 Å². The lowest BCUT2D eigenvalue weighted by Gasteiger charge is -2.05. The van der Waals surface area contributed by atoms with Crippen LogP contribution in [0.5, 0.6) is 0 Å². The Bertz CT molecular complexity index is 580. The molecule has 0 bridgehead atoms. The minimum absolute atomic E-state index is 0.249. The first-order valence-electron chi connectivity index (χ1n) is 5.31. The number of aromatic nitrogens is 1. The summed E-state index contributed by atoms with van der Waals surface area (Å²) >= 11 is 5.87. The monoisotopic (exact) mass is 265 g/mol. The second-order valence-electron chi connectivity index (χ2n) is 3.78. The molecule has 3 N–H and O–H groups in total. The van der Waals surface area contributed by atoms with E-state index in [-0.39, 0.29) is 16.7 Å². The molecule has 0 aromatic carbocycles. The third-order valence-electron chi connectivity index (χ3n) is 2.34. The number of rotatable bonds is 3. The fourth-order valence-corrected chi connectivity index (χ4v) is 1.66. The normalized spacial score (nSPS) is 10.3. The van der Waals surface area contributed by atoms with E-state index in [1.54, 1.807) is 6.07 Å². The van der Waals surface area contributed by atoms with Crippen LogP contribution in [0.1, 0.15) is 21.9 Å². The lowest BCUT2D eigenvalue weighted by atomic mass is 10.2. The maximum absolute atomic E-state index is 11.9. The number of nitrogen functional groups attached to an aromatic ring is 1. The van der Waals surface area contributed by atoms with Crippen molar-refractivity contribution >= 4 is 23.3 Å². The Morgan fingerprint density at radius 2 is 2.33 bits per heavy atom. The standard InChI is InChI=1S/C12H12ClN3O2/c1-7-2-3-8(18-7)5-16-12(17)9-4-11(14)15-6-10(9)13/h2-4,6H,5H2,1H3,(H2,14,15)(H,16,17). The predicted molar refractivity (Wildman–Crippen MR) is 68.3 cm³/mol. The summed E-state index contributed by atoms with van der Waals surface area (Å²) in [5, 5.41) is 2.96. The highest BCUT2D eigenvalue weighted by atomic mass is 35.5. The van der Waals surface area contributed by atoms with E-state index < -0.39 is 0 Å². The number of anilines is 1. The number of nitrogens with one attached hydrogen (secondary N) is 1. The molecule has 0 atom stereocenters. The van der Waals surface area contributed by atoms with E-state index in [0.717, 1.165) is 5.76 Å². The average molecular weight is 266 g/mol. The quantitative estimate of drug-likeness (QED) is 0.891. The molecule has 5 nitrogen and oxygen atoms in total. The number of nitrogens with zero attached hydrogens (tertiary/aromatic N) is 1. The van der Waals surface area contributed by atoms with Crippen LogP contribution in [0.4, 0.5) is 5.82 Å². The van der Waals surface area contributed by atoms with Gasteiger partial charge in [-0.2, -0.15) is 0 Å². The van der Waals surface area contributed by atoms with E-state index in [2.05, 4.69) is 10.3 Å². The molecule has 0 saturated carbocycles. The molecule has 0 unspecified atom stereocenters. The van der Waals surface area contributed by atoms with Crippen LogP contribution in [-0.2, 0) is 6.54 Å². The molecule has 2 aromatic rings. The molecule has 6 heteroatoms. The van der Waals surface area contributed by atoms with Gasteiger partial charge in [-0.1, -0.05) is 11.6 Å². The Labute approximate surface area is 109 Å². The van der Waals surface area contributed by atoms with E-state index in [0.29, 0.717) is 17.9 Å². The molecule has 0 aliphatic heterocycles. The largest absolute Gasteiger partial charge is 0.465 e. The smallest absolute Gasteiger partial charge is 0.253 e. The minimum atomic E-state index is -0.317. The number of furan rings is 1. The number of pyridine rings is 1. The van der Waals surface area contributed by atoms with Crippen LogP contribution in [-0.4, -0.2) is 10.9 Å². The number of nitrogens with two attached hydrogens (primary N) is 1. The second-order valence-corrected chi connectivity index (χ2v) is 4.19. The fourth-order valence-electron chi connectivity index (χ4n) is 1.47. The van der Waals surface area contributed by atoms with Crippen molar-refractivity contribution in [2.24, 2.45) is 0 Å². The van der Waals surface area contributed by atoms with Crippen LogP contribution < -0.4 is 11.1 Å². The highest BCUT2D eigenvalue weighted by molar-refractivity contribution is 6.33. The number of carbonyl (C=O) groups is 1. The summed E-state index contributed by atoms with van der Waals surface area (Å²) < 4.78 is 5.34. The average Bonchev–Trinajstić information content (AvgIpc) is 2.75. The molecular formula is C12H12ClN3O2. The van der Waals surface area contributed by atoms with Gasteiger partial charge in [0.05, 0.1) is 17.1 Å². The maximum atomic E-state index is 11.9. The van der Waals surface area contributed by atoms with Crippen LogP contribution in [0, 0.1) is 6.92 Å². The Balaban J connectivity index is 2.05. The molecule has 94 valence electrons. The number of hydrogen-bond donors (Lipinski definition) is 2. The van der Waals surface area contributed by atoms with Gasteiger partial charge in [0.1, 0.15) is 17.3 Å². The SMILES string of the molecule is Cc1ccc(CNC(=O)c2cc(N)ncc2Cl)o1. The topological polar surface area (TPSA) is 81.2 Å². The fraction of sp³-hybridized carbons (Fsp3) is 0.167. The molecule has 0 aliphatic carbocycles. The van der Waals surface area contributed by atoms with Crippen LogP contribution in [0.25, 0.3) is 0 Å². The summed E-state index contributed by atoms with van der Waals surface area (Å²) in [6.45, 7) is 2.14. The molecule has 2 heterocycles.